The van der Waals surface area contributed by atoms with Crippen LogP contribution >= 0.6 is 11.8 Å². The SMILES string of the molecule is NCCCN1CCSC1=O. The van der Waals surface area contributed by atoms with Crippen molar-refractivity contribution in [1.82, 2.24) is 4.90 Å². The lowest BCUT2D eigenvalue weighted by Gasteiger charge is -2.12. The number of hydrogen-bond donors (Lipinski definition) is 1. The standard InChI is InChI=1S/C6H12N2OS/c7-2-1-3-8-4-5-10-6(8)9/h1-5,7H2. The van der Waals surface area contributed by atoms with Crippen LogP contribution in [0.3, 0.4) is 0 Å². The Balaban J connectivity index is 2.20. The molecule has 0 unspecified atom stereocenters. The summed E-state index contributed by atoms with van der Waals surface area (Å²) in [7, 11) is 0. The van der Waals surface area contributed by atoms with Crippen LogP contribution in [0.2, 0.25) is 0 Å². The third-order valence-electron chi connectivity index (χ3n) is 1.48. The highest BCUT2D eigenvalue weighted by Gasteiger charge is 2.19. The van der Waals surface area contributed by atoms with E-state index in [9.17, 15) is 4.79 Å². The second-order valence-electron chi connectivity index (χ2n) is 2.24. The van der Waals surface area contributed by atoms with Gasteiger partial charge in [-0.1, -0.05) is 11.8 Å². The average molecular weight is 160 g/mol. The van der Waals surface area contributed by atoms with E-state index in [2.05, 4.69) is 0 Å². The van der Waals surface area contributed by atoms with Crippen LogP contribution in [0.1, 0.15) is 6.42 Å². The third-order valence-corrected chi connectivity index (χ3v) is 2.37. The largest absolute Gasteiger partial charge is 0.333 e. The molecule has 0 spiro atoms. The zero-order valence-corrected chi connectivity index (χ0v) is 6.69. The average Bonchev–Trinajstić information content (AvgIpc) is 2.31. The van der Waals surface area contributed by atoms with E-state index >= 15 is 0 Å². The van der Waals surface area contributed by atoms with E-state index in [1.165, 1.54) is 11.8 Å². The summed E-state index contributed by atoms with van der Waals surface area (Å²) >= 11 is 1.40. The van der Waals surface area contributed by atoms with Crippen LogP contribution in [0.25, 0.3) is 0 Å². The summed E-state index contributed by atoms with van der Waals surface area (Å²) in [6, 6.07) is 0. The van der Waals surface area contributed by atoms with Crippen molar-refractivity contribution in [2.45, 2.75) is 6.42 Å². The molecule has 1 amide bonds. The van der Waals surface area contributed by atoms with E-state index in [4.69, 9.17) is 5.73 Å². The van der Waals surface area contributed by atoms with Crippen LogP contribution in [-0.4, -0.2) is 35.5 Å². The summed E-state index contributed by atoms with van der Waals surface area (Å²) < 4.78 is 0. The van der Waals surface area contributed by atoms with Gasteiger partial charge in [0.1, 0.15) is 0 Å². The van der Waals surface area contributed by atoms with Gasteiger partial charge in [-0.3, -0.25) is 4.79 Å². The first kappa shape index (κ1) is 7.88. The maximum absolute atomic E-state index is 10.9. The van der Waals surface area contributed by atoms with Crippen molar-refractivity contribution in [3.8, 4) is 0 Å². The Hall–Kier alpha value is -0.220. The van der Waals surface area contributed by atoms with Crippen molar-refractivity contribution < 1.29 is 4.79 Å². The Labute approximate surface area is 64.9 Å². The molecular weight excluding hydrogens is 148 g/mol. The fourth-order valence-electron chi connectivity index (χ4n) is 0.911. The normalized spacial score (nSPS) is 18.5. The van der Waals surface area contributed by atoms with Gasteiger partial charge in [0, 0.05) is 18.8 Å². The summed E-state index contributed by atoms with van der Waals surface area (Å²) in [5.74, 6) is 0.948. The van der Waals surface area contributed by atoms with Crippen molar-refractivity contribution in [2.24, 2.45) is 5.73 Å². The summed E-state index contributed by atoms with van der Waals surface area (Å²) in [4.78, 5) is 12.8. The maximum atomic E-state index is 10.9. The molecule has 0 atom stereocenters. The van der Waals surface area contributed by atoms with Gasteiger partial charge in [0.15, 0.2) is 0 Å². The molecule has 1 fully saturated rings. The monoisotopic (exact) mass is 160 g/mol. The Bertz CT molecular complexity index is 129. The van der Waals surface area contributed by atoms with E-state index in [1.807, 2.05) is 4.90 Å². The number of amides is 1. The molecule has 0 aromatic rings. The van der Waals surface area contributed by atoms with Crippen molar-refractivity contribution >= 4 is 17.0 Å². The van der Waals surface area contributed by atoms with Crippen molar-refractivity contribution in [3.05, 3.63) is 0 Å². The van der Waals surface area contributed by atoms with E-state index in [1.54, 1.807) is 0 Å². The van der Waals surface area contributed by atoms with E-state index in [-0.39, 0.29) is 5.24 Å². The topological polar surface area (TPSA) is 46.3 Å². The highest BCUT2D eigenvalue weighted by Crippen LogP contribution is 2.16. The zero-order valence-electron chi connectivity index (χ0n) is 5.88. The fraction of sp³-hybridized carbons (Fsp3) is 0.833. The second kappa shape index (κ2) is 3.83. The molecular formula is C6H12N2OS. The van der Waals surface area contributed by atoms with Crippen LogP contribution in [-0.2, 0) is 0 Å². The number of thioether (sulfide) groups is 1. The lowest BCUT2D eigenvalue weighted by Crippen LogP contribution is -2.25. The Morgan fingerprint density at radius 3 is 3.00 bits per heavy atom. The summed E-state index contributed by atoms with van der Waals surface area (Å²) in [6.45, 7) is 2.42. The molecule has 4 heteroatoms. The van der Waals surface area contributed by atoms with Gasteiger partial charge in [-0.25, -0.2) is 0 Å². The first-order chi connectivity index (χ1) is 4.84. The van der Waals surface area contributed by atoms with Crippen LogP contribution in [0.4, 0.5) is 4.79 Å². The zero-order chi connectivity index (χ0) is 7.40. The summed E-state index contributed by atoms with van der Waals surface area (Å²) in [5.41, 5.74) is 5.31. The van der Waals surface area contributed by atoms with Crippen LogP contribution in [0.15, 0.2) is 0 Å². The molecule has 3 nitrogen and oxygen atoms in total. The molecule has 1 aliphatic rings. The first-order valence-corrected chi connectivity index (χ1v) is 4.45. The lowest BCUT2D eigenvalue weighted by molar-refractivity contribution is 0.229. The number of nitrogens with zero attached hydrogens (tertiary/aromatic N) is 1. The molecule has 0 radical (unpaired) electrons. The smallest absolute Gasteiger partial charge is 0.281 e. The predicted molar refractivity (Wildman–Crippen MR) is 43.1 cm³/mol. The van der Waals surface area contributed by atoms with E-state index < -0.39 is 0 Å². The molecule has 1 aliphatic heterocycles. The quantitative estimate of drug-likeness (QED) is 0.654. The molecule has 2 N–H and O–H groups in total. The van der Waals surface area contributed by atoms with Crippen LogP contribution in [0, 0.1) is 0 Å². The number of carbonyl (C=O) groups excluding carboxylic acids is 1. The fourth-order valence-corrected chi connectivity index (χ4v) is 1.76. The summed E-state index contributed by atoms with van der Waals surface area (Å²) in [6.07, 6.45) is 0.923. The maximum Gasteiger partial charge on any atom is 0.281 e. The Morgan fingerprint density at radius 1 is 1.70 bits per heavy atom. The second-order valence-corrected chi connectivity index (χ2v) is 3.29. The molecule has 1 saturated heterocycles. The molecule has 1 heterocycles. The summed E-state index contributed by atoms with van der Waals surface area (Å²) in [5, 5.41) is 0.216. The third kappa shape index (κ3) is 1.88. The first-order valence-electron chi connectivity index (χ1n) is 3.46. The van der Waals surface area contributed by atoms with Gasteiger partial charge in [-0.2, -0.15) is 0 Å². The van der Waals surface area contributed by atoms with Crippen molar-refractivity contribution in [1.29, 1.82) is 0 Å². The van der Waals surface area contributed by atoms with Gasteiger partial charge in [0.25, 0.3) is 5.24 Å². The predicted octanol–water partition coefficient (Wildman–Crippen LogP) is 0.504. The molecule has 0 aromatic carbocycles. The van der Waals surface area contributed by atoms with Gasteiger partial charge < -0.3 is 10.6 Å². The van der Waals surface area contributed by atoms with Crippen LogP contribution in [0.5, 0.6) is 0 Å². The van der Waals surface area contributed by atoms with Crippen molar-refractivity contribution in [2.75, 3.05) is 25.4 Å². The molecule has 1 rings (SSSR count). The van der Waals surface area contributed by atoms with E-state index in [0.717, 1.165) is 25.3 Å². The molecule has 10 heavy (non-hydrogen) atoms. The minimum Gasteiger partial charge on any atom is -0.333 e. The van der Waals surface area contributed by atoms with Gasteiger partial charge in [-0.05, 0) is 13.0 Å². The highest BCUT2D eigenvalue weighted by atomic mass is 32.2. The number of rotatable bonds is 3. The Kier molecular flexibility index (Phi) is 3.02. The minimum absolute atomic E-state index is 0.216. The highest BCUT2D eigenvalue weighted by molar-refractivity contribution is 8.13. The number of nitrogens with two attached hydrogens (primary N) is 1. The number of hydrogen-bond acceptors (Lipinski definition) is 3. The molecule has 58 valence electrons. The number of carbonyl (C=O) groups is 1. The van der Waals surface area contributed by atoms with E-state index in [0.29, 0.717) is 6.54 Å². The molecule has 0 saturated carbocycles. The van der Waals surface area contributed by atoms with Gasteiger partial charge in [-0.15, -0.1) is 0 Å². The molecule has 0 bridgehead atoms. The van der Waals surface area contributed by atoms with Gasteiger partial charge >= 0.3 is 0 Å². The Morgan fingerprint density at radius 2 is 2.50 bits per heavy atom. The molecule has 0 aromatic heterocycles. The van der Waals surface area contributed by atoms with Gasteiger partial charge in [0.2, 0.25) is 0 Å². The van der Waals surface area contributed by atoms with Gasteiger partial charge in [0.05, 0.1) is 0 Å². The molecule has 0 aliphatic carbocycles. The minimum atomic E-state index is 0.216. The van der Waals surface area contributed by atoms with Crippen LogP contribution < -0.4 is 5.73 Å². The van der Waals surface area contributed by atoms with Crippen molar-refractivity contribution in [3.63, 3.8) is 0 Å². The lowest BCUT2D eigenvalue weighted by atomic mass is 10.4.